The minimum absolute atomic E-state index is 0.0835. The minimum atomic E-state index is -3.58. The maximum atomic E-state index is 12.7. The number of nitrogens with one attached hydrogen (secondary N) is 1. The minimum Gasteiger partial charge on any atom is -0.481 e. The number of nitriles is 1. The fourth-order valence-electron chi connectivity index (χ4n) is 3.38. The number of sulfone groups is 1. The normalized spacial score (nSPS) is 20.1. The van der Waals surface area contributed by atoms with E-state index in [0.29, 0.717) is 18.4 Å². The van der Waals surface area contributed by atoms with Gasteiger partial charge in [-0.1, -0.05) is 25.0 Å². The monoisotopic (exact) mass is 378 g/mol. The Morgan fingerprint density at radius 1 is 1.19 bits per heavy atom. The number of rotatable bonds is 7. The quantitative estimate of drug-likeness (QED) is 0.693. The number of aliphatic carboxylic acids is 1. The molecule has 7 nitrogen and oxygen atoms in total. The van der Waals surface area contributed by atoms with Crippen LogP contribution in [0.15, 0.2) is 29.2 Å². The molecule has 0 bridgehead atoms. The highest BCUT2D eigenvalue weighted by molar-refractivity contribution is 7.91. The molecule has 2 N–H and O–H groups in total. The van der Waals surface area contributed by atoms with Crippen molar-refractivity contribution in [3.05, 3.63) is 29.8 Å². The topological polar surface area (TPSA) is 124 Å². The van der Waals surface area contributed by atoms with Crippen LogP contribution in [0.3, 0.4) is 0 Å². The van der Waals surface area contributed by atoms with Crippen molar-refractivity contribution in [2.75, 3.05) is 12.3 Å². The molecule has 2 rings (SSSR count). The molecular weight excluding hydrogens is 356 g/mol. The van der Waals surface area contributed by atoms with Crippen LogP contribution in [0.1, 0.15) is 31.2 Å². The van der Waals surface area contributed by atoms with Gasteiger partial charge in [0, 0.05) is 5.92 Å². The second kappa shape index (κ2) is 8.81. The molecule has 2 atom stereocenters. The van der Waals surface area contributed by atoms with Gasteiger partial charge >= 0.3 is 5.97 Å². The molecule has 1 aromatic rings. The molecule has 0 heterocycles. The maximum absolute atomic E-state index is 12.7. The van der Waals surface area contributed by atoms with Crippen molar-refractivity contribution in [1.82, 2.24) is 5.32 Å². The Morgan fingerprint density at radius 2 is 1.85 bits per heavy atom. The summed E-state index contributed by atoms with van der Waals surface area (Å²) >= 11 is 0. The Kier molecular flexibility index (Phi) is 6.75. The zero-order valence-electron chi connectivity index (χ0n) is 14.3. The number of carboxylic acids is 1. The van der Waals surface area contributed by atoms with Crippen molar-refractivity contribution >= 4 is 21.7 Å². The first kappa shape index (κ1) is 19.9. The SMILES string of the molecule is N#CCNC(=O)[C@H]1CCCC[C@@H]1CS(=O)(=O)c1ccc(CC(=O)O)cc1. The lowest BCUT2D eigenvalue weighted by molar-refractivity contribution is -0.136. The Labute approximate surface area is 152 Å². The number of carboxylic acid groups (broad SMARTS) is 1. The highest BCUT2D eigenvalue weighted by Gasteiger charge is 2.34. The van der Waals surface area contributed by atoms with E-state index in [9.17, 15) is 18.0 Å². The molecule has 1 saturated carbocycles. The van der Waals surface area contributed by atoms with E-state index in [2.05, 4.69) is 5.32 Å². The lowest BCUT2D eigenvalue weighted by Crippen LogP contribution is -2.39. The largest absolute Gasteiger partial charge is 0.481 e. The average Bonchev–Trinajstić information content (AvgIpc) is 2.59. The lowest BCUT2D eigenvalue weighted by atomic mass is 9.80. The first-order valence-electron chi connectivity index (χ1n) is 8.51. The van der Waals surface area contributed by atoms with E-state index < -0.39 is 21.7 Å². The van der Waals surface area contributed by atoms with Crippen molar-refractivity contribution in [2.45, 2.75) is 37.0 Å². The number of carbonyl (C=O) groups is 2. The second-order valence-corrected chi connectivity index (χ2v) is 8.56. The predicted octanol–water partition coefficient (Wildman–Crippen LogP) is 1.53. The highest BCUT2D eigenvalue weighted by atomic mass is 32.2. The Morgan fingerprint density at radius 3 is 2.46 bits per heavy atom. The van der Waals surface area contributed by atoms with E-state index in [0.717, 1.165) is 12.8 Å². The molecule has 0 saturated heterocycles. The molecule has 140 valence electrons. The van der Waals surface area contributed by atoms with Gasteiger partial charge in [-0.05, 0) is 36.5 Å². The van der Waals surface area contributed by atoms with Gasteiger partial charge < -0.3 is 10.4 Å². The predicted molar refractivity (Wildman–Crippen MR) is 93.9 cm³/mol. The van der Waals surface area contributed by atoms with Gasteiger partial charge in [-0.25, -0.2) is 8.42 Å². The molecule has 26 heavy (non-hydrogen) atoms. The molecule has 0 aromatic heterocycles. The Hall–Kier alpha value is -2.40. The van der Waals surface area contributed by atoms with Crippen LogP contribution in [0.4, 0.5) is 0 Å². The smallest absolute Gasteiger partial charge is 0.307 e. The number of nitrogens with zero attached hydrogens (tertiary/aromatic N) is 1. The molecular formula is C18H22N2O5S. The van der Waals surface area contributed by atoms with Crippen molar-refractivity contribution in [3.63, 3.8) is 0 Å². The molecule has 8 heteroatoms. The molecule has 1 aromatic carbocycles. The summed E-state index contributed by atoms with van der Waals surface area (Å²) in [6, 6.07) is 7.69. The summed E-state index contributed by atoms with van der Waals surface area (Å²) in [5.41, 5.74) is 0.530. The Bertz CT molecular complexity index is 796. The van der Waals surface area contributed by atoms with Crippen LogP contribution >= 0.6 is 0 Å². The summed E-state index contributed by atoms with van der Waals surface area (Å²) in [6.07, 6.45) is 2.85. The summed E-state index contributed by atoms with van der Waals surface area (Å²) < 4.78 is 25.4. The van der Waals surface area contributed by atoms with Crippen molar-refractivity contribution < 1.29 is 23.1 Å². The van der Waals surface area contributed by atoms with Gasteiger partial charge in [0.1, 0.15) is 6.54 Å². The molecule has 1 aliphatic rings. The molecule has 1 aliphatic carbocycles. The fraction of sp³-hybridized carbons (Fsp3) is 0.500. The van der Waals surface area contributed by atoms with E-state index in [1.54, 1.807) is 0 Å². The van der Waals surface area contributed by atoms with Crippen LogP contribution in [0, 0.1) is 23.2 Å². The number of hydrogen-bond donors (Lipinski definition) is 2. The van der Waals surface area contributed by atoms with E-state index >= 15 is 0 Å². The molecule has 0 aliphatic heterocycles. The highest BCUT2D eigenvalue weighted by Crippen LogP contribution is 2.32. The first-order valence-corrected chi connectivity index (χ1v) is 10.2. The fourth-order valence-corrected chi connectivity index (χ4v) is 5.08. The second-order valence-electron chi connectivity index (χ2n) is 6.52. The number of benzene rings is 1. The Balaban J connectivity index is 2.11. The third-order valence-electron chi connectivity index (χ3n) is 4.66. The van der Waals surface area contributed by atoms with E-state index in [4.69, 9.17) is 10.4 Å². The van der Waals surface area contributed by atoms with E-state index in [-0.39, 0.29) is 35.4 Å². The summed E-state index contributed by atoms with van der Waals surface area (Å²) in [5.74, 6) is -2.06. The molecule has 0 spiro atoms. The van der Waals surface area contributed by atoms with Gasteiger partial charge in [0.25, 0.3) is 0 Å². The summed E-state index contributed by atoms with van der Waals surface area (Å²) in [7, 11) is -3.58. The summed E-state index contributed by atoms with van der Waals surface area (Å²) in [5, 5.41) is 19.9. The zero-order chi connectivity index (χ0) is 19.2. The van der Waals surface area contributed by atoms with Gasteiger partial charge in [-0.15, -0.1) is 0 Å². The van der Waals surface area contributed by atoms with Gasteiger partial charge in [-0.2, -0.15) is 5.26 Å². The van der Waals surface area contributed by atoms with Crippen LogP contribution in [-0.4, -0.2) is 37.7 Å². The third-order valence-corrected chi connectivity index (χ3v) is 6.52. The summed E-state index contributed by atoms with van der Waals surface area (Å²) in [6.45, 7) is -0.0835. The number of hydrogen-bond acceptors (Lipinski definition) is 5. The molecule has 0 radical (unpaired) electrons. The van der Waals surface area contributed by atoms with Gasteiger partial charge in [-0.3, -0.25) is 9.59 Å². The van der Waals surface area contributed by atoms with Gasteiger partial charge in [0.2, 0.25) is 5.91 Å². The van der Waals surface area contributed by atoms with Crippen LogP contribution in [0.5, 0.6) is 0 Å². The van der Waals surface area contributed by atoms with Crippen molar-refractivity contribution in [2.24, 2.45) is 11.8 Å². The van der Waals surface area contributed by atoms with E-state index in [1.165, 1.54) is 24.3 Å². The molecule has 1 fully saturated rings. The average molecular weight is 378 g/mol. The standard InChI is InChI=1S/C18H22N2O5S/c19-9-10-20-18(23)16-4-2-1-3-14(16)12-26(24,25)15-7-5-13(6-8-15)11-17(21)22/h5-8,14,16H,1-4,10-12H2,(H,20,23)(H,21,22)/t14-,16+/m1/s1. The molecule has 0 unspecified atom stereocenters. The number of carbonyl (C=O) groups excluding carboxylic acids is 1. The van der Waals surface area contributed by atoms with Crippen molar-refractivity contribution in [1.29, 1.82) is 5.26 Å². The zero-order valence-corrected chi connectivity index (χ0v) is 15.2. The van der Waals surface area contributed by atoms with Gasteiger partial charge in [0.05, 0.1) is 23.1 Å². The molecule has 1 amide bonds. The first-order chi connectivity index (χ1) is 12.3. The van der Waals surface area contributed by atoms with Crippen LogP contribution in [-0.2, 0) is 25.8 Å². The van der Waals surface area contributed by atoms with Crippen molar-refractivity contribution in [3.8, 4) is 6.07 Å². The van der Waals surface area contributed by atoms with Crippen LogP contribution in [0.25, 0.3) is 0 Å². The maximum Gasteiger partial charge on any atom is 0.307 e. The lowest BCUT2D eigenvalue weighted by Gasteiger charge is -2.30. The van der Waals surface area contributed by atoms with Gasteiger partial charge in [0.15, 0.2) is 9.84 Å². The van der Waals surface area contributed by atoms with Crippen LogP contribution < -0.4 is 5.32 Å². The summed E-state index contributed by atoms with van der Waals surface area (Å²) in [4.78, 5) is 23.1. The van der Waals surface area contributed by atoms with E-state index in [1.807, 2.05) is 6.07 Å². The number of amides is 1. The van der Waals surface area contributed by atoms with Crippen LogP contribution in [0.2, 0.25) is 0 Å². The third kappa shape index (κ3) is 5.30.